The van der Waals surface area contributed by atoms with Gasteiger partial charge in [0, 0.05) is 24.5 Å². The molecular formula is C22H19ClFN5O2. The maximum atomic E-state index is 13.9. The molecule has 0 bridgehead atoms. The number of halogens is 2. The molecule has 31 heavy (non-hydrogen) atoms. The molecular weight excluding hydrogens is 421 g/mol. The molecule has 1 aliphatic carbocycles. The Bertz CT molecular complexity index is 1280. The lowest BCUT2D eigenvalue weighted by Crippen LogP contribution is -2.34. The van der Waals surface area contributed by atoms with E-state index in [-0.39, 0.29) is 23.7 Å². The minimum atomic E-state index is -0.475. The van der Waals surface area contributed by atoms with Crippen LogP contribution in [0.25, 0.3) is 5.65 Å². The fourth-order valence-corrected chi connectivity index (χ4v) is 4.27. The molecule has 158 valence electrons. The molecule has 3 aromatic rings. The predicted molar refractivity (Wildman–Crippen MR) is 110 cm³/mol. The van der Waals surface area contributed by atoms with E-state index in [1.54, 1.807) is 9.42 Å². The summed E-state index contributed by atoms with van der Waals surface area (Å²) in [4.78, 5) is 19.5. The predicted octanol–water partition coefficient (Wildman–Crippen LogP) is 3.98. The van der Waals surface area contributed by atoms with Gasteiger partial charge in [-0.25, -0.2) is 13.9 Å². The van der Waals surface area contributed by atoms with Crippen LogP contribution in [0.15, 0.2) is 18.2 Å². The van der Waals surface area contributed by atoms with Gasteiger partial charge in [-0.05, 0) is 26.0 Å². The standard InChI is InChI=1S/C22H19ClFN5O2/c1-11-20(23)12(2)29-21(26-11)17-9-28(10-18(17)27-29)22(30)16-4-3-14(24)7-19(16)31-15-5-13(6-15)8-25/h3-4,7,13,15H,5-6,9-10H2,1-2H3/t13-,15-. The van der Waals surface area contributed by atoms with Gasteiger partial charge < -0.3 is 9.64 Å². The summed E-state index contributed by atoms with van der Waals surface area (Å²) >= 11 is 6.30. The molecule has 1 aromatic carbocycles. The third kappa shape index (κ3) is 3.20. The number of carbonyl (C=O) groups is 1. The highest BCUT2D eigenvalue weighted by atomic mass is 35.5. The normalized spacial score (nSPS) is 19.8. The summed E-state index contributed by atoms with van der Waals surface area (Å²) in [6.45, 7) is 4.40. The van der Waals surface area contributed by atoms with Crippen molar-refractivity contribution in [3.8, 4) is 11.8 Å². The summed E-state index contributed by atoms with van der Waals surface area (Å²) in [6, 6.07) is 6.12. The molecule has 5 rings (SSSR count). The number of hydrogen-bond donors (Lipinski definition) is 0. The molecule has 7 nitrogen and oxygen atoms in total. The Labute approximate surface area is 183 Å². The van der Waals surface area contributed by atoms with Crippen molar-refractivity contribution in [3.05, 3.63) is 57.2 Å². The molecule has 0 saturated heterocycles. The maximum absolute atomic E-state index is 13.9. The van der Waals surface area contributed by atoms with Crippen LogP contribution in [0.4, 0.5) is 4.39 Å². The summed E-state index contributed by atoms with van der Waals surface area (Å²) in [5.74, 6) is -0.570. The first-order valence-electron chi connectivity index (χ1n) is 10.0. The highest BCUT2D eigenvalue weighted by Gasteiger charge is 2.34. The summed E-state index contributed by atoms with van der Waals surface area (Å²) in [5.41, 5.74) is 4.17. The van der Waals surface area contributed by atoms with Crippen molar-refractivity contribution >= 4 is 23.2 Å². The van der Waals surface area contributed by atoms with Crippen LogP contribution < -0.4 is 4.74 Å². The van der Waals surface area contributed by atoms with Crippen LogP contribution in [0.2, 0.25) is 5.02 Å². The molecule has 1 saturated carbocycles. The van der Waals surface area contributed by atoms with Crippen LogP contribution in [-0.4, -0.2) is 31.5 Å². The van der Waals surface area contributed by atoms with Crippen molar-refractivity contribution in [3.63, 3.8) is 0 Å². The number of amides is 1. The van der Waals surface area contributed by atoms with Gasteiger partial charge in [0.25, 0.3) is 5.91 Å². The van der Waals surface area contributed by atoms with Crippen molar-refractivity contribution in [2.24, 2.45) is 5.92 Å². The van der Waals surface area contributed by atoms with Gasteiger partial charge in [-0.2, -0.15) is 10.4 Å². The van der Waals surface area contributed by atoms with Crippen molar-refractivity contribution in [2.75, 3.05) is 0 Å². The van der Waals surface area contributed by atoms with E-state index in [0.29, 0.717) is 47.9 Å². The topological polar surface area (TPSA) is 83.5 Å². The Hall–Kier alpha value is -3.18. The van der Waals surface area contributed by atoms with Crippen LogP contribution >= 0.6 is 11.6 Å². The number of aryl methyl sites for hydroxylation is 2. The second kappa shape index (κ2) is 7.20. The Morgan fingerprint density at radius 3 is 2.84 bits per heavy atom. The third-order valence-electron chi connectivity index (χ3n) is 5.99. The minimum Gasteiger partial charge on any atom is -0.489 e. The van der Waals surface area contributed by atoms with Gasteiger partial charge in [-0.1, -0.05) is 11.6 Å². The largest absolute Gasteiger partial charge is 0.489 e. The maximum Gasteiger partial charge on any atom is 0.258 e. The SMILES string of the molecule is Cc1nc2c3c(nn2c(C)c1Cl)CN(C(=O)c1ccc(F)cc1O[C@H]1C[C@H](C#N)C1)C3. The number of rotatable bonds is 3. The number of carbonyl (C=O) groups excluding carboxylic acids is 1. The molecule has 2 aliphatic rings. The van der Waals surface area contributed by atoms with Crippen LogP contribution in [0.1, 0.15) is 45.8 Å². The van der Waals surface area contributed by atoms with Crippen LogP contribution in [-0.2, 0) is 13.1 Å². The van der Waals surface area contributed by atoms with E-state index in [2.05, 4.69) is 16.2 Å². The summed E-state index contributed by atoms with van der Waals surface area (Å²) < 4.78 is 21.4. The average Bonchev–Trinajstić information content (AvgIpc) is 3.27. The number of ether oxygens (including phenoxy) is 1. The zero-order valence-corrected chi connectivity index (χ0v) is 17.8. The number of nitrogens with zero attached hydrogens (tertiary/aromatic N) is 5. The van der Waals surface area contributed by atoms with Crippen LogP contribution in [0.3, 0.4) is 0 Å². The van der Waals surface area contributed by atoms with Crippen molar-refractivity contribution in [2.45, 2.75) is 45.9 Å². The van der Waals surface area contributed by atoms with E-state index in [9.17, 15) is 9.18 Å². The number of nitriles is 1. The summed E-state index contributed by atoms with van der Waals surface area (Å²) in [7, 11) is 0. The second-order valence-corrected chi connectivity index (χ2v) is 8.47. The molecule has 0 atom stereocenters. The summed E-state index contributed by atoms with van der Waals surface area (Å²) in [6.07, 6.45) is 0.984. The molecule has 1 amide bonds. The first-order chi connectivity index (χ1) is 14.9. The molecule has 0 radical (unpaired) electrons. The van der Waals surface area contributed by atoms with E-state index in [4.69, 9.17) is 21.6 Å². The van der Waals surface area contributed by atoms with Gasteiger partial charge in [0.05, 0.1) is 52.7 Å². The number of aromatic nitrogens is 3. The highest BCUT2D eigenvalue weighted by molar-refractivity contribution is 6.31. The lowest BCUT2D eigenvalue weighted by molar-refractivity contribution is 0.0707. The third-order valence-corrected chi connectivity index (χ3v) is 6.54. The Kier molecular flexibility index (Phi) is 4.59. The quantitative estimate of drug-likeness (QED) is 0.616. The van der Waals surface area contributed by atoms with Gasteiger partial charge >= 0.3 is 0 Å². The smallest absolute Gasteiger partial charge is 0.258 e. The first kappa shape index (κ1) is 19.8. The van der Waals surface area contributed by atoms with E-state index in [1.807, 2.05) is 13.8 Å². The molecule has 3 heterocycles. The van der Waals surface area contributed by atoms with Gasteiger partial charge in [-0.3, -0.25) is 4.79 Å². The second-order valence-electron chi connectivity index (χ2n) is 8.10. The number of hydrogen-bond acceptors (Lipinski definition) is 5. The molecule has 0 unspecified atom stereocenters. The van der Waals surface area contributed by atoms with E-state index >= 15 is 0 Å². The molecule has 2 aromatic heterocycles. The molecule has 0 spiro atoms. The average molecular weight is 440 g/mol. The molecule has 9 heteroatoms. The van der Waals surface area contributed by atoms with Gasteiger partial charge in [-0.15, -0.1) is 0 Å². The van der Waals surface area contributed by atoms with Crippen molar-refractivity contribution in [1.82, 2.24) is 19.5 Å². The van der Waals surface area contributed by atoms with E-state index in [0.717, 1.165) is 17.0 Å². The first-order valence-corrected chi connectivity index (χ1v) is 10.4. The number of fused-ring (bicyclic) bond motifs is 3. The molecule has 0 N–H and O–H groups in total. The Balaban J connectivity index is 1.41. The lowest BCUT2D eigenvalue weighted by Gasteiger charge is -2.31. The molecule has 1 fully saturated rings. The van der Waals surface area contributed by atoms with Crippen LogP contribution in [0.5, 0.6) is 5.75 Å². The van der Waals surface area contributed by atoms with Gasteiger partial charge in [0.15, 0.2) is 5.65 Å². The lowest BCUT2D eigenvalue weighted by atomic mass is 9.83. The highest BCUT2D eigenvalue weighted by Crippen LogP contribution is 2.35. The zero-order valence-electron chi connectivity index (χ0n) is 17.0. The minimum absolute atomic E-state index is 0.0458. The van der Waals surface area contributed by atoms with Gasteiger partial charge in [0.1, 0.15) is 17.7 Å². The van der Waals surface area contributed by atoms with E-state index < -0.39 is 5.82 Å². The summed E-state index contributed by atoms with van der Waals surface area (Å²) in [5, 5.41) is 14.1. The number of benzene rings is 1. The molecule has 1 aliphatic heterocycles. The van der Waals surface area contributed by atoms with Crippen LogP contribution in [0, 0.1) is 36.9 Å². The van der Waals surface area contributed by atoms with Crippen molar-refractivity contribution < 1.29 is 13.9 Å². The Morgan fingerprint density at radius 2 is 2.10 bits per heavy atom. The van der Waals surface area contributed by atoms with Crippen molar-refractivity contribution in [1.29, 1.82) is 5.26 Å². The fourth-order valence-electron chi connectivity index (χ4n) is 4.14. The fraction of sp³-hybridized carbons (Fsp3) is 0.364. The monoisotopic (exact) mass is 439 g/mol. The van der Waals surface area contributed by atoms with Gasteiger partial charge in [0.2, 0.25) is 0 Å². The Morgan fingerprint density at radius 1 is 1.32 bits per heavy atom. The van der Waals surface area contributed by atoms with E-state index in [1.165, 1.54) is 18.2 Å². The zero-order chi connectivity index (χ0) is 21.9.